The molecule has 1 heterocycles. The van der Waals surface area contributed by atoms with Crippen molar-refractivity contribution in [2.24, 2.45) is 5.92 Å². The van der Waals surface area contributed by atoms with E-state index in [-0.39, 0.29) is 30.5 Å². The number of nitrogens with one attached hydrogen (secondary N) is 1. The predicted molar refractivity (Wildman–Crippen MR) is 95.2 cm³/mol. The Kier molecular flexibility index (Phi) is 4.83. The number of nitro groups is 1. The molecular formula is C18H17N3O5. The summed E-state index contributed by atoms with van der Waals surface area (Å²) >= 11 is 0. The van der Waals surface area contributed by atoms with Crippen LogP contribution in [0, 0.1) is 16.0 Å². The normalized spacial score (nSPS) is 16.4. The number of amides is 2. The summed E-state index contributed by atoms with van der Waals surface area (Å²) in [4.78, 5) is 36.5. The molecule has 1 unspecified atom stereocenters. The van der Waals surface area contributed by atoms with Crippen molar-refractivity contribution in [3.05, 3.63) is 58.6 Å². The number of methoxy groups -OCH3 is 1. The molecule has 1 N–H and O–H groups in total. The molecule has 0 radical (unpaired) electrons. The molecule has 0 bridgehead atoms. The zero-order valence-corrected chi connectivity index (χ0v) is 14.0. The first kappa shape index (κ1) is 17.4. The molecule has 0 spiro atoms. The highest BCUT2D eigenvalue weighted by molar-refractivity contribution is 6.03. The number of benzene rings is 2. The maximum atomic E-state index is 12.4. The zero-order chi connectivity index (χ0) is 18.7. The second-order valence-corrected chi connectivity index (χ2v) is 5.90. The van der Waals surface area contributed by atoms with Crippen molar-refractivity contribution in [1.82, 2.24) is 0 Å². The molecule has 8 heteroatoms. The van der Waals surface area contributed by atoms with Crippen LogP contribution >= 0.6 is 0 Å². The van der Waals surface area contributed by atoms with E-state index in [1.807, 2.05) is 0 Å². The van der Waals surface area contributed by atoms with E-state index in [1.165, 1.54) is 23.1 Å². The third-order valence-electron chi connectivity index (χ3n) is 4.21. The number of hydrogen-bond acceptors (Lipinski definition) is 5. The summed E-state index contributed by atoms with van der Waals surface area (Å²) in [6.45, 7) is 0.183. The van der Waals surface area contributed by atoms with Gasteiger partial charge in [-0.15, -0.1) is 0 Å². The van der Waals surface area contributed by atoms with Gasteiger partial charge in [0.2, 0.25) is 11.8 Å². The topological polar surface area (TPSA) is 102 Å². The molecule has 0 aromatic heterocycles. The minimum atomic E-state index is -0.524. The first-order valence-electron chi connectivity index (χ1n) is 7.97. The molecule has 0 saturated carbocycles. The lowest BCUT2D eigenvalue weighted by atomic mass is 10.1. The Morgan fingerprint density at radius 2 is 2.00 bits per heavy atom. The summed E-state index contributed by atoms with van der Waals surface area (Å²) < 4.78 is 5.07. The molecule has 2 aromatic carbocycles. The van der Waals surface area contributed by atoms with Gasteiger partial charge in [-0.3, -0.25) is 19.7 Å². The number of nitro benzene ring substituents is 1. The minimum absolute atomic E-state index is 0.0602. The van der Waals surface area contributed by atoms with Crippen molar-refractivity contribution in [3.8, 4) is 5.75 Å². The van der Waals surface area contributed by atoms with Gasteiger partial charge in [-0.05, 0) is 30.3 Å². The molecule has 2 aromatic rings. The summed E-state index contributed by atoms with van der Waals surface area (Å²) in [6, 6.07) is 12.7. The molecule has 2 amide bonds. The lowest BCUT2D eigenvalue weighted by Gasteiger charge is -2.16. The van der Waals surface area contributed by atoms with Crippen LogP contribution in [0.25, 0.3) is 0 Å². The van der Waals surface area contributed by atoms with E-state index in [2.05, 4.69) is 5.32 Å². The average Bonchev–Trinajstić information content (AvgIpc) is 3.04. The van der Waals surface area contributed by atoms with Gasteiger partial charge < -0.3 is 15.0 Å². The van der Waals surface area contributed by atoms with E-state index in [0.29, 0.717) is 17.1 Å². The first-order chi connectivity index (χ1) is 12.5. The number of hydrogen-bond donors (Lipinski definition) is 1. The van der Waals surface area contributed by atoms with E-state index in [0.717, 1.165) is 0 Å². The Balaban J connectivity index is 1.69. The van der Waals surface area contributed by atoms with Crippen LogP contribution in [0.2, 0.25) is 0 Å². The summed E-state index contributed by atoms with van der Waals surface area (Å²) in [5, 5.41) is 13.7. The zero-order valence-electron chi connectivity index (χ0n) is 14.0. The SMILES string of the molecule is COc1ccc(NC(=O)C2CC(=O)N(c3cccc([N+](=O)[O-])c3)C2)cc1. The Labute approximate surface area is 149 Å². The van der Waals surface area contributed by atoms with E-state index < -0.39 is 10.8 Å². The number of non-ortho nitro benzene ring substituents is 1. The largest absolute Gasteiger partial charge is 0.497 e. The second kappa shape index (κ2) is 7.22. The molecule has 1 saturated heterocycles. The van der Waals surface area contributed by atoms with Crippen LogP contribution in [0.1, 0.15) is 6.42 Å². The van der Waals surface area contributed by atoms with E-state index in [4.69, 9.17) is 4.74 Å². The molecule has 26 heavy (non-hydrogen) atoms. The summed E-state index contributed by atoms with van der Waals surface area (Å²) in [5.41, 5.74) is 0.933. The first-order valence-corrected chi connectivity index (χ1v) is 7.97. The highest BCUT2D eigenvalue weighted by Crippen LogP contribution is 2.28. The van der Waals surface area contributed by atoms with E-state index in [9.17, 15) is 19.7 Å². The van der Waals surface area contributed by atoms with Crippen LogP contribution in [0.5, 0.6) is 5.75 Å². The Morgan fingerprint density at radius 1 is 1.27 bits per heavy atom. The molecule has 1 atom stereocenters. The van der Waals surface area contributed by atoms with E-state index >= 15 is 0 Å². The number of carbonyl (C=O) groups is 2. The molecule has 1 aliphatic rings. The van der Waals surface area contributed by atoms with Crippen molar-refractivity contribution in [1.29, 1.82) is 0 Å². The molecular weight excluding hydrogens is 338 g/mol. The molecule has 1 aliphatic heterocycles. The van der Waals surface area contributed by atoms with Gasteiger partial charge in [-0.25, -0.2) is 0 Å². The van der Waals surface area contributed by atoms with Crippen molar-refractivity contribution < 1.29 is 19.2 Å². The second-order valence-electron chi connectivity index (χ2n) is 5.90. The molecule has 0 aliphatic carbocycles. The number of rotatable bonds is 5. The number of anilines is 2. The maximum Gasteiger partial charge on any atom is 0.271 e. The maximum absolute atomic E-state index is 12.4. The summed E-state index contributed by atoms with van der Waals surface area (Å²) in [7, 11) is 1.56. The number of carbonyl (C=O) groups excluding carboxylic acids is 2. The monoisotopic (exact) mass is 355 g/mol. The molecule has 134 valence electrons. The van der Waals surface area contributed by atoms with Crippen LogP contribution in [-0.2, 0) is 9.59 Å². The standard InChI is InChI=1S/C18H17N3O5/c1-26-16-7-5-13(6-8-16)19-18(23)12-9-17(22)20(11-12)14-3-2-4-15(10-14)21(24)25/h2-8,10,12H,9,11H2,1H3,(H,19,23). The number of ether oxygens (including phenoxy) is 1. The van der Waals surface area contributed by atoms with Gasteiger partial charge in [0.15, 0.2) is 0 Å². The fourth-order valence-electron chi connectivity index (χ4n) is 2.83. The smallest absolute Gasteiger partial charge is 0.271 e. The highest BCUT2D eigenvalue weighted by Gasteiger charge is 2.35. The van der Waals surface area contributed by atoms with Crippen LogP contribution in [0.4, 0.5) is 17.1 Å². The third kappa shape index (κ3) is 3.64. The van der Waals surface area contributed by atoms with Gasteiger partial charge in [-0.1, -0.05) is 6.07 Å². The predicted octanol–water partition coefficient (Wildman–Crippen LogP) is 2.60. The number of nitrogens with zero attached hydrogens (tertiary/aromatic N) is 2. The Hall–Kier alpha value is -3.42. The Bertz CT molecular complexity index is 850. The summed E-state index contributed by atoms with van der Waals surface area (Å²) in [5.74, 6) is -0.350. The highest BCUT2D eigenvalue weighted by atomic mass is 16.6. The lowest BCUT2D eigenvalue weighted by Crippen LogP contribution is -2.28. The fourth-order valence-corrected chi connectivity index (χ4v) is 2.83. The summed E-state index contributed by atoms with van der Waals surface area (Å²) in [6.07, 6.45) is 0.0602. The van der Waals surface area contributed by atoms with Crippen molar-refractivity contribution in [3.63, 3.8) is 0 Å². The van der Waals surface area contributed by atoms with Gasteiger partial charge in [-0.2, -0.15) is 0 Å². The quantitative estimate of drug-likeness (QED) is 0.656. The van der Waals surface area contributed by atoms with Crippen LogP contribution in [0.15, 0.2) is 48.5 Å². The van der Waals surface area contributed by atoms with Gasteiger partial charge in [0, 0.05) is 30.8 Å². The average molecular weight is 355 g/mol. The van der Waals surface area contributed by atoms with Gasteiger partial charge >= 0.3 is 0 Å². The molecule has 1 fully saturated rings. The van der Waals surface area contributed by atoms with Crippen molar-refractivity contribution in [2.75, 3.05) is 23.9 Å². The van der Waals surface area contributed by atoms with Gasteiger partial charge in [0.05, 0.1) is 23.6 Å². The van der Waals surface area contributed by atoms with E-state index in [1.54, 1.807) is 37.4 Å². The minimum Gasteiger partial charge on any atom is -0.497 e. The van der Waals surface area contributed by atoms with Gasteiger partial charge in [0.25, 0.3) is 5.69 Å². The molecule has 3 rings (SSSR count). The third-order valence-corrected chi connectivity index (χ3v) is 4.21. The molecule has 8 nitrogen and oxygen atoms in total. The Morgan fingerprint density at radius 3 is 2.65 bits per heavy atom. The fraction of sp³-hybridized carbons (Fsp3) is 0.222. The van der Waals surface area contributed by atoms with Crippen LogP contribution in [0.3, 0.4) is 0 Å². The van der Waals surface area contributed by atoms with Crippen LogP contribution in [-0.4, -0.2) is 30.4 Å². The lowest BCUT2D eigenvalue weighted by molar-refractivity contribution is -0.384. The van der Waals surface area contributed by atoms with Crippen molar-refractivity contribution >= 4 is 28.9 Å². The van der Waals surface area contributed by atoms with Crippen molar-refractivity contribution in [2.45, 2.75) is 6.42 Å². The van der Waals surface area contributed by atoms with Gasteiger partial charge in [0.1, 0.15) is 5.75 Å². The van der Waals surface area contributed by atoms with Crippen LogP contribution < -0.4 is 15.0 Å².